The van der Waals surface area contributed by atoms with Gasteiger partial charge in [-0.2, -0.15) is 0 Å². The molecule has 0 bridgehead atoms. The Balaban J connectivity index is 1.70. The van der Waals surface area contributed by atoms with Crippen molar-refractivity contribution in [2.75, 3.05) is 31.2 Å². The molecular weight excluding hydrogens is 246 g/mol. The first-order valence-corrected chi connectivity index (χ1v) is 7.25. The highest BCUT2D eigenvalue weighted by atomic mass is 32.1. The van der Waals surface area contributed by atoms with E-state index in [2.05, 4.69) is 26.3 Å². The predicted octanol–water partition coefficient (Wildman–Crippen LogP) is 2.31. The minimum absolute atomic E-state index is 0.382. The van der Waals surface area contributed by atoms with Crippen LogP contribution in [0, 0.1) is 5.41 Å². The summed E-state index contributed by atoms with van der Waals surface area (Å²) in [7, 11) is 0. The maximum atomic E-state index is 5.58. The Morgan fingerprint density at radius 2 is 2.33 bits per heavy atom. The second-order valence-corrected chi connectivity index (χ2v) is 6.21. The highest BCUT2D eigenvalue weighted by molar-refractivity contribution is 7.16. The van der Waals surface area contributed by atoms with Crippen LogP contribution in [0.25, 0.3) is 10.2 Å². The fraction of sp³-hybridized carbons (Fsp3) is 0.538. The van der Waals surface area contributed by atoms with Crippen molar-refractivity contribution in [3.05, 3.63) is 17.8 Å². The van der Waals surface area contributed by atoms with Crippen molar-refractivity contribution in [1.82, 2.24) is 9.97 Å². The van der Waals surface area contributed by atoms with Crippen LogP contribution in [0.4, 0.5) is 5.82 Å². The Hall–Kier alpha value is -1.20. The third-order valence-electron chi connectivity index (χ3n) is 4.16. The third-order valence-corrected chi connectivity index (χ3v) is 4.98. The van der Waals surface area contributed by atoms with Crippen molar-refractivity contribution in [1.29, 1.82) is 0 Å². The second-order valence-electron chi connectivity index (χ2n) is 5.31. The maximum absolute atomic E-state index is 5.58. The van der Waals surface area contributed by atoms with E-state index >= 15 is 0 Å². The molecule has 94 valence electrons. The fourth-order valence-corrected chi connectivity index (χ4v) is 3.84. The summed E-state index contributed by atoms with van der Waals surface area (Å²) in [6, 6.07) is 2.13. The van der Waals surface area contributed by atoms with Crippen molar-refractivity contribution in [2.24, 2.45) is 5.41 Å². The molecule has 0 radical (unpaired) electrons. The number of rotatable bonds is 1. The SMILES string of the molecule is c1nc(N2CC[C@@]3(CCOC3)C2)c2ccsc2n1. The summed E-state index contributed by atoms with van der Waals surface area (Å²) in [4.78, 5) is 12.3. The summed E-state index contributed by atoms with van der Waals surface area (Å²) in [5.74, 6) is 1.10. The monoisotopic (exact) mass is 261 g/mol. The zero-order valence-corrected chi connectivity index (χ0v) is 10.9. The lowest BCUT2D eigenvalue weighted by molar-refractivity contribution is 0.160. The van der Waals surface area contributed by atoms with E-state index in [1.54, 1.807) is 17.7 Å². The van der Waals surface area contributed by atoms with Crippen molar-refractivity contribution < 1.29 is 4.74 Å². The van der Waals surface area contributed by atoms with Gasteiger partial charge in [-0.1, -0.05) is 0 Å². The van der Waals surface area contributed by atoms with Crippen molar-refractivity contribution in [2.45, 2.75) is 12.8 Å². The number of thiophene rings is 1. The highest BCUT2D eigenvalue weighted by Crippen LogP contribution is 2.41. The normalized spacial score (nSPS) is 27.7. The van der Waals surface area contributed by atoms with Crippen LogP contribution in [-0.2, 0) is 4.74 Å². The minimum atomic E-state index is 0.382. The molecule has 2 fully saturated rings. The summed E-state index contributed by atoms with van der Waals surface area (Å²) < 4.78 is 5.58. The number of fused-ring (bicyclic) bond motifs is 1. The number of aromatic nitrogens is 2. The van der Waals surface area contributed by atoms with Gasteiger partial charge in [0.1, 0.15) is 17.0 Å². The van der Waals surface area contributed by atoms with Crippen LogP contribution in [0.1, 0.15) is 12.8 Å². The van der Waals surface area contributed by atoms with Gasteiger partial charge in [0.05, 0.1) is 12.0 Å². The first-order valence-electron chi connectivity index (χ1n) is 6.37. The van der Waals surface area contributed by atoms with Crippen LogP contribution in [-0.4, -0.2) is 36.3 Å². The number of anilines is 1. The summed E-state index contributed by atoms with van der Waals surface area (Å²) in [5, 5.41) is 3.28. The van der Waals surface area contributed by atoms with E-state index in [-0.39, 0.29) is 0 Å². The van der Waals surface area contributed by atoms with Gasteiger partial charge in [-0.25, -0.2) is 9.97 Å². The lowest BCUT2D eigenvalue weighted by atomic mass is 9.87. The van der Waals surface area contributed by atoms with Gasteiger partial charge in [0, 0.05) is 25.1 Å². The van der Waals surface area contributed by atoms with Crippen LogP contribution < -0.4 is 4.90 Å². The van der Waals surface area contributed by atoms with E-state index in [0.29, 0.717) is 5.41 Å². The molecule has 18 heavy (non-hydrogen) atoms. The lowest BCUT2D eigenvalue weighted by Crippen LogP contribution is -2.28. The summed E-state index contributed by atoms with van der Waals surface area (Å²) >= 11 is 1.68. The zero-order valence-electron chi connectivity index (χ0n) is 10.1. The summed E-state index contributed by atoms with van der Waals surface area (Å²) in [5.41, 5.74) is 0.382. The summed E-state index contributed by atoms with van der Waals surface area (Å²) in [6.45, 7) is 4.01. The molecule has 0 unspecified atom stereocenters. The average Bonchev–Trinajstić information content (AvgIpc) is 3.11. The molecular formula is C13H15N3OS. The Morgan fingerprint density at radius 1 is 1.33 bits per heavy atom. The molecule has 2 aliphatic heterocycles. The zero-order chi connectivity index (χ0) is 12.0. The Bertz CT molecular complexity index is 576. The van der Waals surface area contributed by atoms with Gasteiger partial charge < -0.3 is 9.64 Å². The Kier molecular flexibility index (Phi) is 2.32. The lowest BCUT2D eigenvalue weighted by Gasteiger charge is -2.22. The van der Waals surface area contributed by atoms with Gasteiger partial charge in [-0.3, -0.25) is 0 Å². The van der Waals surface area contributed by atoms with E-state index in [9.17, 15) is 0 Å². The number of nitrogens with zero attached hydrogens (tertiary/aromatic N) is 3. The van der Waals surface area contributed by atoms with Gasteiger partial charge in [-0.15, -0.1) is 11.3 Å². The molecule has 0 N–H and O–H groups in total. The Morgan fingerprint density at radius 3 is 3.22 bits per heavy atom. The molecule has 0 aliphatic carbocycles. The van der Waals surface area contributed by atoms with E-state index in [1.807, 2.05) is 0 Å². The van der Waals surface area contributed by atoms with E-state index < -0.39 is 0 Å². The van der Waals surface area contributed by atoms with Gasteiger partial charge in [0.15, 0.2) is 0 Å². The number of ether oxygens (including phenoxy) is 1. The summed E-state index contributed by atoms with van der Waals surface area (Å²) in [6.07, 6.45) is 4.11. The van der Waals surface area contributed by atoms with Crippen LogP contribution in [0.2, 0.25) is 0 Å². The molecule has 0 saturated carbocycles. The molecule has 2 aromatic rings. The molecule has 2 saturated heterocycles. The molecule has 2 aliphatic rings. The van der Waals surface area contributed by atoms with Crippen LogP contribution in [0.5, 0.6) is 0 Å². The molecule has 2 aromatic heterocycles. The van der Waals surface area contributed by atoms with E-state index in [4.69, 9.17) is 4.74 Å². The van der Waals surface area contributed by atoms with E-state index in [0.717, 1.165) is 37.0 Å². The highest BCUT2D eigenvalue weighted by Gasteiger charge is 2.41. The first-order chi connectivity index (χ1) is 8.86. The molecule has 4 heterocycles. The number of hydrogen-bond acceptors (Lipinski definition) is 5. The van der Waals surface area contributed by atoms with Crippen LogP contribution in [0.3, 0.4) is 0 Å². The number of hydrogen-bond donors (Lipinski definition) is 0. The standard InChI is InChI=1S/C13H15N3OS/c1-6-18-12-10(1)11(14-9-15-12)16-4-2-13(7-16)3-5-17-8-13/h1,6,9H,2-5,7-8H2/t13-/m1/s1. The molecule has 5 heteroatoms. The smallest absolute Gasteiger partial charge is 0.140 e. The predicted molar refractivity (Wildman–Crippen MR) is 72.1 cm³/mol. The quantitative estimate of drug-likeness (QED) is 0.789. The third kappa shape index (κ3) is 1.54. The molecule has 4 rings (SSSR count). The average molecular weight is 261 g/mol. The Labute approximate surface area is 110 Å². The van der Waals surface area contributed by atoms with E-state index in [1.165, 1.54) is 18.2 Å². The molecule has 1 spiro atoms. The molecule has 0 amide bonds. The van der Waals surface area contributed by atoms with Crippen LogP contribution >= 0.6 is 11.3 Å². The van der Waals surface area contributed by atoms with Gasteiger partial charge in [-0.05, 0) is 24.3 Å². The van der Waals surface area contributed by atoms with Crippen molar-refractivity contribution in [3.8, 4) is 0 Å². The minimum Gasteiger partial charge on any atom is -0.381 e. The molecule has 0 aromatic carbocycles. The van der Waals surface area contributed by atoms with Crippen LogP contribution in [0.15, 0.2) is 17.8 Å². The molecule has 4 nitrogen and oxygen atoms in total. The van der Waals surface area contributed by atoms with Gasteiger partial charge in [0.2, 0.25) is 0 Å². The van der Waals surface area contributed by atoms with Crippen molar-refractivity contribution in [3.63, 3.8) is 0 Å². The van der Waals surface area contributed by atoms with Crippen molar-refractivity contribution >= 4 is 27.4 Å². The second kappa shape index (κ2) is 3.90. The van der Waals surface area contributed by atoms with Gasteiger partial charge >= 0.3 is 0 Å². The first kappa shape index (κ1) is 10.7. The maximum Gasteiger partial charge on any atom is 0.140 e. The fourth-order valence-electron chi connectivity index (χ4n) is 3.12. The van der Waals surface area contributed by atoms with Gasteiger partial charge in [0.25, 0.3) is 0 Å². The molecule has 1 atom stereocenters. The topological polar surface area (TPSA) is 38.2 Å². The largest absolute Gasteiger partial charge is 0.381 e.